The van der Waals surface area contributed by atoms with Crippen LogP contribution in [0.2, 0.25) is 0 Å². The van der Waals surface area contributed by atoms with Crippen LogP contribution in [-0.2, 0) is 4.79 Å². The second kappa shape index (κ2) is 7.20. The zero-order valence-electron chi connectivity index (χ0n) is 12.8. The molecular formula is C14H26N2O3S. The summed E-state index contributed by atoms with van der Waals surface area (Å²) in [5.41, 5.74) is -0.501. The number of carbonyl (C=O) groups is 2. The zero-order valence-corrected chi connectivity index (χ0v) is 13.6. The predicted molar refractivity (Wildman–Crippen MR) is 82.2 cm³/mol. The van der Waals surface area contributed by atoms with Gasteiger partial charge in [-0.05, 0) is 52.7 Å². The third kappa shape index (κ3) is 5.23. The maximum atomic E-state index is 12.3. The van der Waals surface area contributed by atoms with Gasteiger partial charge in [-0.3, -0.25) is 4.79 Å². The molecule has 2 N–H and O–H groups in total. The van der Waals surface area contributed by atoms with E-state index in [4.69, 9.17) is 5.11 Å². The van der Waals surface area contributed by atoms with Crippen molar-refractivity contribution in [2.75, 3.05) is 12.8 Å². The molecule has 0 bridgehead atoms. The van der Waals surface area contributed by atoms with E-state index in [0.29, 0.717) is 5.25 Å². The number of rotatable bonds is 4. The second-order valence-corrected chi connectivity index (χ2v) is 7.45. The number of hydrogen-bond acceptors (Lipinski definition) is 3. The lowest BCUT2D eigenvalue weighted by molar-refractivity contribution is -0.138. The van der Waals surface area contributed by atoms with Gasteiger partial charge < -0.3 is 15.3 Å². The minimum Gasteiger partial charge on any atom is -0.480 e. The average Bonchev–Trinajstić information content (AvgIpc) is 2.35. The Morgan fingerprint density at radius 3 is 2.20 bits per heavy atom. The van der Waals surface area contributed by atoms with Gasteiger partial charge >= 0.3 is 12.0 Å². The topological polar surface area (TPSA) is 69.6 Å². The lowest BCUT2D eigenvalue weighted by Crippen LogP contribution is -2.54. The van der Waals surface area contributed by atoms with Crippen LogP contribution in [0.1, 0.15) is 46.5 Å². The van der Waals surface area contributed by atoms with Crippen LogP contribution in [0.5, 0.6) is 0 Å². The van der Waals surface area contributed by atoms with Crippen molar-refractivity contribution < 1.29 is 14.7 Å². The van der Waals surface area contributed by atoms with E-state index in [1.807, 2.05) is 32.5 Å². The van der Waals surface area contributed by atoms with Gasteiger partial charge in [-0.15, -0.1) is 0 Å². The van der Waals surface area contributed by atoms with Crippen molar-refractivity contribution in [3.63, 3.8) is 0 Å². The molecule has 1 aliphatic carbocycles. The highest BCUT2D eigenvalue weighted by atomic mass is 32.2. The molecule has 1 rings (SSSR count). The lowest BCUT2D eigenvalue weighted by Gasteiger charge is -2.36. The van der Waals surface area contributed by atoms with Gasteiger partial charge in [0.1, 0.15) is 6.54 Å². The molecule has 1 aliphatic rings. The van der Waals surface area contributed by atoms with E-state index in [0.717, 1.165) is 25.7 Å². The Balaban J connectivity index is 2.56. The normalized spacial score (nSPS) is 23.2. The third-order valence-corrected chi connectivity index (χ3v) is 4.82. The van der Waals surface area contributed by atoms with Gasteiger partial charge in [-0.1, -0.05) is 0 Å². The molecule has 5 nitrogen and oxygen atoms in total. The summed E-state index contributed by atoms with van der Waals surface area (Å²) in [6, 6.07) is -0.1000. The van der Waals surface area contributed by atoms with Gasteiger partial charge in [0.15, 0.2) is 0 Å². The summed E-state index contributed by atoms with van der Waals surface area (Å²) in [5, 5.41) is 12.6. The molecule has 0 saturated heterocycles. The number of hydrogen-bond donors (Lipinski definition) is 2. The maximum Gasteiger partial charge on any atom is 0.323 e. The van der Waals surface area contributed by atoms with Crippen molar-refractivity contribution >= 4 is 23.8 Å². The SMILES string of the molecule is CSC1CCC(NC(=O)N(CC(=O)O)C(C)(C)C)CC1. The average molecular weight is 302 g/mol. The Kier molecular flexibility index (Phi) is 6.17. The highest BCUT2D eigenvalue weighted by Gasteiger charge is 2.30. The molecular weight excluding hydrogens is 276 g/mol. The van der Waals surface area contributed by atoms with Crippen LogP contribution >= 0.6 is 11.8 Å². The first-order valence-corrected chi connectivity index (χ1v) is 8.35. The molecule has 0 atom stereocenters. The first kappa shape index (κ1) is 17.1. The lowest BCUT2D eigenvalue weighted by atomic mass is 9.95. The number of amides is 2. The van der Waals surface area contributed by atoms with Gasteiger partial charge in [0.2, 0.25) is 0 Å². The molecule has 1 fully saturated rings. The molecule has 116 valence electrons. The summed E-state index contributed by atoms with van der Waals surface area (Å²) in [6.07, 6.45) is 6.30. The van der Waals surface area contributed by atoms with Crippen molar-refractivity contribution in [3.8, 4) is 0 Å². The molecule has 0 heterocycles. The summed E-state index contributed by atoms with van der Waals surface area (Å²) in [5.74, 6) is -0.985. The number of carbonyl (C=O) groups excluding carboxylic acids is 1. The van der Waals surface area contributed by atoms with Gasteiger partial charge in [0.05, 0.1) is 0 Å². The van der Waals surface area contributed by atoms with E-state index in [1.54, 1.807) is 0 Å². The zero-order chi connectivity index (χ0) is 15.3. The summed E-state index contributed by atoms with van der Waals surface area (Å²) in [7, 11) is 0. The number of thioether (sulfide) groups is 1. The van der Waals surface area contributed by atoms with E-state index in [9.17, 15) is 9.59 Å². The van der Waals surface area contributed by atoms with Gasteiger partial charge in [-0.2, -0.15) is 11.8 Å². The molecule has 0 spiro atoms. The van der Waals surface area contributed by atoms with Crippen molar-refractivity contribution in [2.45, 2.75) is 63.3 Å². The summed E-state index contributed by atoms with van der Waals surface area (Å²) >= 11 is 1.88. The summed E-state index contributed by atoms with van der Waals surface area (Å²) in [6.45, 7) is 5.27. The second-order valence-electron chi connectivity index (χ2n) is 6.31. The number of aliphatic carboxylic acids is 1. The standard InChI is InChI=1S/C14H26N2O3S/c1-14(2,3)16(9-12(17)18)13(19)15-10-5-7-11(20-4)8-6-10/h10-11H,5-9H2,1-4H3,(H,15,19)(H,17,18). The minimum atomic E-state index is -0.985. The molecule has 20 heavy (non-hydrogen) atoms. The van der Waals surface area contributed by atoms with E-state index in [2.05, 4.69) is 11.6 Å². The molecule has 0 aliphatic heterocycles. The molecule has 0 radical (unpaired) electrons. The molecule has 2 amide bonds. The largest absolute Gasteiger partial charge is 0.480 e. The summed E-state index contributed by atoms with van der Waals surface area (Å²) in [4.78, 5) is 24.6. The fourth-order valence-electron chi connectivity index (χ4n) is 2.44. The monoisotopic (exact) mass is 302 g/mol. The van der Waals surface area contributed by atoms with Crippen molar-refractivity contribution in [1.82, 2.24) is 10.2 Å². The van der Waals surface area contributed by atoms with Crippen LogP contribution in [0.3, 0.4) is 0 Å². The first-order valence-electron chi connectivity index (χ1n) is 7.06. The van der Waals surface area contributed by atoms with Crippen molar-refractivity contribution in [2.24, 2.45) is 0 Å². The van der Waals surface area contributed by atoms with Gasteiger partial charge in [0, 0.05) is 16.8 Å². The number of carboxylic acid groups (broad SMARTS) is 1. The highest BCUT2D eigenvalue weighted by Crippen LogP contribution is 2.27. The Labute approximate surface area is 125 Å². The van der Waals surface area contributed by atoms with E-state index < -0.39 is 11.5 Å². The molecule has 0 aromatic heterocycles. The number of nitrogens with zero attached hydrogens (tertiary/aromatic N) is 1. The fraction of sp³-hybridized carbons (Fsp3) is 0.857. The predicted octanol–water partition coefficient (Wildman–Crippen LogP) is 2.56. The van der Waals surface area contributed by atoms with Crippen LogP contribution < -0.4 is 5.32 Å². The number of carboxylic acids is 1. The van der Waals surface area contributed by atoms with E-state index >= 15 is 0 Å². The quantitative estimate of drug-likeness (QED) is 0.837. The Hall–Kier alpha value is -0.910. The molecule has 0 aromatic rings. The van der Waals surface area contributed by atoms with Crippen LogP contribution in [0, 0.1) is 0 Å². The third-order valence-electron chi connectivity index (χ3n) is 3.68. The molecule has 0 aromatic carbocycles. The number of urea groups is 1. The smallest absolute Gasteiger partial charge is 0.323 e. The van der Waals surface area contributed by atoms with E-state index in [-0.39, 0.29) is 18.6 Å². The summed E-state index contributed by atoms with van der Waals surface area (Å²) < 4.78 is 0. The Morgan fingerprint density at radius 1 is 1.25 bits per heavy atom. The Bertz CT molecular complexity index is 347. The van der Waals surface area contributed by atoms with Gasteiger partial charge in [0.25, 0.3) is 0 Å². The van der Waals surface area contributed by atoms with Crippen LogP contribution in [0.4, 0.5) is 4.79 Å². The number of nitrogens with one attached hydrogen (secondary N) is 1. The maximum absolute atomic E-state index is 12.3. The molecule has 1 saturated carbocycles. The van der Waals surface area contributed by atoms with Gasteiger partial charge in [-0.25, -0.2) is 4.79 Å². The van der Waals surface area contributed by atoms with Crippen molar-refractivity contribution in [1.29, 1.82) is 0 Å². The first-order chi connectivity index (χ1) is 9.24. The highest BCUT2D eigenvalue weighted by molar-refractivity contribution is 7.99. The minimum absolute atomic E-state index is 0.171. The molecule has 0 unspecified atom stereocenters. The fourth-order valence-corrected chi connectivity index (χ4v) is 3.19. The Morgan fingerprint density at radius 2 is 1.80 bits per heavy atom. The van der Waals surface area contributed by atoms with Crippen LogP contribution in [0.25, 0.3) is 0 Å². The molecule has 6 heteroatoms. The van der Waals surface area contributed by atoms with Crippen LogP contribution in [-0.4, -0.2) is 51.6 Å². The van der Waals surface area contributed by atoms with E-state index in [1.165, 1.54) is 4.90 Å². The van der Waals surface area contributed by atoms with Crippen LogP contribution in [0.15, 0.2) is 0 Å². The van der Waals surface area contributed by atoms with Crippen molar-refractivity contribution in [3.05, 3.63) is 0 Å².